The Kier molecular flexibility index (Phi) is 4.16. The molecule has 0 aliphatic carbocycles. The van der Waals surface area contributed by atoms with Gasteiger partial charge in [-0.15, -0.1) is 0 Å². The maximum atomic E-state index is 12.0. The molecule has 1 aliphatic heterocycles. The molecule has 1 saturated heterocycles. The van der Waals surface area contributed by atoms with Gasteiger partial charge < -0.3 is 15.7 Å². The van der Waals surface area contributed by atoms with Crippen LogP contribution in [0.2, 0.25) is 5.15 Å². The summed E-state index contributed by atoms with van der Waals surface area (Å²) in [7, 11) is 0. The summed E-state index contributed by atoms with van der Waals surface area (Å²) in [5.41, 5.74) is 6.33. The van der Waals surface area contributed by atoms with Crippen LogP contribution in [-0.2, 0) is 4.79 Å². The first-order chi connectivity index (χ1) is 8.59. The highest BCUT2D eigenvalue weighted by molar-refractivity contribution is 6.29. The van der Waals surface area contributed by atoms with Gasteiger partial charge in [-0.05, 0) is 30.5 Å². The Balaban J connectivity index is 2.08. The Labute approximate surface area is 111 Å². The van der Waals surface area contributed by atoms with E-state index in [9.17, 15) is 9.90 Å². The summed E-state index contributed by atoms with van der Waals surface area (Å²) in [6.07, 6.45) is 2.41. The van der Waals surface area contributed by atoms with E-state index in [0.717, 1.165) is 25.9 Å². The first-order valence-electron chi connectivity index (χ1n) is 5.93. The molecule has 0 aromatic carbocycles. The number of halogens is 1. The quantitative estimate of drug-likeness (QED) is 0.793. The number of aliphatic hydroxyl groups excluding tert-OH is 1. The van der Waals surface area contributed by atoms with E-state index in [1.54, 1.807) is 11.0 Å². The first-order valence-corrected chi connectivity index (χ1v) is 6.31. The van der Waals surface area contributed by atoms with Crippen molar-refractivity contribution in [2.24, 2.45) is 5.73 Å². The normalized spacial score (nSPS) is 18.7. The van der Waals surface area contributed by atoms with Crippen molar-refractivity contribution in [3.05, 3.63) is 29.0 Å². The second-order valence-corrected chi connectivity index (χ2v) is 4.80. The fourth-order valence-corrected chi connectivity index (χ4v) is 2.27. The molecule has 2 rings (SSSR count). The van der Waals surface area contributed by atoms with Crippen LogP contribution < -0.4 is 5.73 Å². The smallest absolute Gasteiger partial charge is 0.242 e. The molecule has 1 fully saturated rings. The minimum absolute atomic E-state index is 0.215. The van der Waals surface area contributed by atoms with E-state index in [1.165, 1.54) is 12.3 Å². The van der Waals surface area contributed by atoms with E-state index in [1.807, 2.05) is 0 Å². The summed E-state index contributed by atoms with van der Waals surface area (Å²) in [4.78, 5) is 17.6. The topological polar surface area (TPSA) is 79.5 Å². The maximum absolute atomic E-state index is 12.0. The summed E-state index contributed by atoms with van der Waals surface area (Å²) in [6.45, 7) is 1.44. The summed E-state index contributed by atoms with van der Waals surface area (Å²) >= 11 is 5.74. The molecule has 1 amide bonds. The molecule has 3 N–H and O–H groups in total. The molecule has 2 atom stereocenters. The summed E-state index contributed by atoms with van der Waals surface area (Å²) in [5.74, 6) is -0.215. The van der Waals surface area contributed by atoms with E-state index in [0.29, 0.717) is 5.56 Å². The number of likely N-dealkylation sites (tertiary alicyclic amines) is 1. The number of nitrogens with two attached hydrogens (primary N) is 1. The Morgan fingerprint density at radius 3 is 2.78 bits per heavy atom. The number of amides is 1. The second kappa shape index (κ2) is 5.65. The first kappa shape index (κ1) is 13.3. The number of pyridine rings is 1. The van der Waals surface area contributed by atoms with Gasteiger partial charge in [-0.1, -0.05) is 11.6 Å². The standard InChI is InChI=1S/C12H16ClN3O2/c13-9-7-8(3-4-15-9)11(17)10(14)12(18)16-5-1-2-6-16/h3-4,7,10-11,17H,1-2,5-6,14H2. The van der Waals surface area contributed by atoms with Crippen molar-refractivity contribution in [2.45, 2.75) is 25.0 Å². The van der Waals surface area contributed by atoms with E-state index >= 15 is 0 Å². The average molecular weight is 270 g/mol. The molecule has 1 aliphatic rings. The fraction of sp³-hybridized carbons (Fsp3) is 0.500. The van der Waals surface area contributed by atoms with Gasteiger partial charge in [-0.3, -0.25) is 4.79 Å². The van der Waals surface area contributed by atoms with Crippen LogP contribution in [0.25, 0.3) is 0 Å². The molecule has 0 bridgehead atoms. The van der Waals surface area contributed by atoms with Gasteiger partial charge in [0.25, 0.3) is 0 Å². The average Bonchev–Trinajstić information content (AvgIpc) is 2.90. The van der Waals surface area contributed by atoms with Crippen molar-refractivity contribution < 1.29 is 9.90 Å². The third-order valence-electron chi connectivity index (χ3n) is 3.14. The van der Waals surface area contributed by atoms with Crippen LogP contribution in [0.1, 0.15) is 24.5 Å². The van der Waals surface area contributed by atoms with Crippen LogP contribution in [0.4, 0.5) is 0 Å². The highest BCUT2D eigenvalue weighted by Gasteiger charge is 2.29. The SMILES string of the molecule is NC(C(=O)N1CCCC1)C(O)c1ccnc(Cl)c1. The molecule has 1 aromatic heterocycles. The lowest BCUT2D eigenvalue weighted by Gasteiger charge is -2.24. The fourth-order valence-electron chi connectivity index (χ4n) is 2.09. The van der Waals surface area contributed by atoms with Crippen molar-refractivity contribution in [2.75, 3.05) is 13.1 Å². The van der Waals surface area contributed by atoms with Gasteiger partial charge in [-0.2, -0.15) is 0 Å². The molecule has 0 radical (unpaired) electrons. The van der Waals surface area contributed by atoms with Crippen LogP contribution >= 0.6 is 11.6 Å². The van der Waals surface area contributed by atoms with Gasteiger partial charge in [0.15, 0.2) is 0 Å². The maximum Gasteiger partial charge on any atom is 0.242 e. The molecule has 0 saturated carbocycles. The molecule has 6 heteroatoms. The predicted octanol–water partition coefficient (Wildman–Crippen LogP) is 0.718. The van der Waals surface area contributed by atoms with Crippen LogP contribution in [0.15, 0.2) is 18.3 Å². The number of rotatable bonds is 3. The molecule has 1 aromatic rings. The van der Waals surface area contributed by atoms with Crippen molar-refractivity contribution in [3.63, 3.8) is 0 Å². The molecule has 98 valence electrons. The largest absolute Gasteiger partial charge is 0.386 e. The lowest BCUT2D eigenvalue weighted by Crippen LogP contribution is -2.45. The van der Waals surface area contributed by atoms with E-state index in [-0.39, 0.29) is 11.1 Å². The molecule has 18 heavy (non-hydrogen) atoms. The monoisotopic (exact) mass is 269 g/mol. The predicted molar refractivity (Wildman–Crippen MR) is 68.0 cm³/mol. The molecule has 5 nitrogen and oxygen atoms in total. The third-order valence-corrected chi connectivity index (χ3v) is 3.34. The Morgan fingerprint density at radius 2 is 2.17 bits per heavy atom. The Morgan fingerprint density at radius 1 is 1.50 bits per heavy atom. The Bertz CT molecular complexity index is 435. The van der Waals surface area contributed by atoms with Crippen molar-refractivity contribution in [1.29, 1.82) is 0 Å². The zero-order chi connectivity index (χ0) is 13.1. The minimum atomic E-state index is -1.06. The van der Waals surface area contributed by atoms with Gasteiger partial charge in [0.2, 0.25) is 5.91 Å². The summed E-state index contributed by atoms with van der Waals surface area (Å²) < 4.78 is 0. The lowest BCUT2D eigenvalue weighted by molar-refractivity contribution is -0.134. The highest BCUT2D eigenvalue weighted by atomic mass is 35.5. The molecular formula is C12H16ClN3O2. The number of carbonyl (C=O) groups excluding carboxylic acids is 1. The van der Waals surface area contributed by atoms with Crippen LogP contribution in [-0.4, -0.2) is 40.0 Å². The van der Waals surface area contributed by atoms with Gasteiger partial charge in [0.05, 0.1) is 0 Å². The number of aromatic nitrogens is 1. The van der Waals surface area contributed by atoms with Crippen LogP contribution in [0.5, 0.6) is 0 Å². The van der Waals surface area contributed by atoms with E-state index in [4.69, 9.17) is 17.3 Å². The number of aliphatic hydroxyl groups is 1. The summed E-state index contributed by atoms with van der Waals surface area (Å²) in [5, 5.41) is 10.4. The highest BCUT2D eigenvalue weighted by Crippen LogP contribution is 2.20. The molecule has 2 unspecified atom stereocenters. The Hall–Kier alpha value is -1.17. The number of carbonyl (C=O) groups is 1. The van der Waals surface area contributed by atoms with Gasteiger partial charge in [0, 0.05) is 19.3 Å². The van der Waals surface area contributed by atoms with Crippen LogP contribution in [0.3, 0.4) is 0 Å². The number of hydrogen-bond acceptors (Lipinski definition) is 4. The van der Waals surface area contributed by atoms with Crippen molar-refractivity contribution in [1.82, 2.24) is 9.88 Å². The van der Waals surface area contributed by atoms with Gasteiger partial charge in [0.1, 0.15) is 17.3 Å². The second-order valence-electron chi connectivity index (χ2n) is 4.41. The molecule has 0 spiro atoms. The summed E-state index contributed by atoms with van der Waals surface area (Å²) in [6, 6.07) is 2.17. The van der Waals surface area contributed by atoms with E-state index in [2.05, 4.69) is 4.98 Å². The van der Waals surface area contributed by atoms with Crippen molar-refractivity contribution >= 4 is 17.5 Å². The van der Waals surface area contributed by atoms with Crippen LogP contribution in [0, 0.1) is 0 Å². The lowest BCUT2D eigenvalue weighted by atomic mass is 10.0. The molecular weight excluding hydrogens is 254 g/mol. The number of nitrogens with zero attached hydrogens (tertiary/aromatic N) is 2. The van der Waals surface area contributed by atoms with Gasteiger partial charge in [-0.25, -0.2) is 4.98 Å². The van der Waals surface area contributed by atoms with Gasteiger partial charge >= 0.3 is 0 Å². The molecule has 2 heterocycles. The zero-order valence-electron chi connectivity index (χ0n) is 9.92. The van der Waals surface area contributed by atoms with Crippen molar-refractivity contribution in [3.8, 4) is 0 Å². The zero-order valence-corrected chi connectivity index (χ0v) is 10.7. The third kappa shape index (κ3) is 2.80. The minimum Gasteiger partial charge on any atom is -0.386 e. The van der Waals surface area contributed by atoms with E-state index < -0.39 is 12.1 Å². The number of hydrogen-bond donors (Lipinski definition) is 2.